The van der Waals surface area contributed by atoms with Gasteiger partial charge < -0.3 is 14.8 Å². The Kier molecular flexibility index (Phi) is 5.00. The lowest BCUT2D eigenvalue weighted by Gasteiger charge is -2.15. The number of hydrogen-bond acceptors (Lipinski definition) is 3. The Morgan fingerprint density at radius 3 is 2.53 bits per heavy atom. The molecule has 0 bridgehead atoms. The van der Waals surface area contributed by atoms with Crippen LogP contribution in [0.4, 0.5) is 14.5 Å². The third-order valence-corrected chi connectivity index (χ3v) is 2.41. The molecule has 17 heavy (non-hydrogen) atoms. The number of anilines is 1. The molecule has 0 saturated carbocycles. The molecular weight excluding hydrogens is 228 g/mol. The first kappa shape index (κ1) is 13.5. The molecular formula is C12H17F2NO2. The van der Waals surface area contributed by atoms with Gasteiger partial charge in [0.25, 0.3) is 0 Å². The minimum absolute atomic E-state index is 0.0378. The smallest absolute Gasteiger partial charge is 0.387 e. The second-order valence-corrected chi connectivity index (χ2v) is 3.70. The van der Waals surface area contributed by atoms with Gasteiger partial charge in [-0.2, -0.15) is 8.78 Å². The number of nitrogens with one attached hydrogen (secondary N) is 1. The highest BCUT2D eigenvalue weighted by molar-refractivity contribution is 5.55. The van der Waals surface area contributed by atoms with Gasteiger partial charge >= 0.3 is 6.61 Å². The van der Waals surface area contributed by atoms with Gasteiger partial charge in [-0.3, -0.25) is 0 Å². The number of rotatable bonds is 6. The predicted octanol–water partition coefficient (Wildman–Crippen LogP) is 3.51. The predicted molar refractivity (Wildman–Crippen MR) is 63.0 cm³/mol. The summed E-state index contributed by atoms with van der Waals surface area (Å²) in [7, 11) is 1.41. The van der Waals surface area contributed by atoms with Crippen molar-refractivity contribution in [2.24, 2.45) is 0 Å². The van der Waals surface area contributed by atoms with Crippen LogP contribution in [-0.4, -0.2) is 19.8 Å². The van der Waals surface area contributed by atoms with Crippen LogP contribution in [0.5, 0.6) is 11.5 Å². The molecule has 1 aromatic carbocycles. The van der Waals surface area contributed by atoms with Gasteiger partial charge in [-0.05, 0) is 25.5 Å². The number of alkyl halides is 2. The van der Waals surface area contributed by atoms with Crippen molar-refractivity contribution in [1.82, 2.24) is 0 Å². The fraction of sp³-hybridized carbons (Fsp3) is 0.500. The molecule has 0 amide bonds. The summed E-state index contributed by atoms with van der Waals surface area (Å²) >= 11 is 0. The minimum atomic E-state index is -2.86. The Hall–Kier alpha value is -1.52. The molecule has 1 aromatic rings. The van der Waals surface area contributed by atoms with Gasteiger partial charge in [-0.1, -0.05) is 6.92 Å². The van der Waals surface area contributed by atoms with Crippen LogP contribution in [0.3, 0.4) is 0 Å². The first-order chi connectivity index (χ1) is 8.06. The lowest BCUT2D eigenvalue weighted by molar-refractivity contribution is -0.0511. The highest BCUT2D eigenvalue weighted by Gasteiger charge is 2.11. The summed E-state index contributed by atoms with van der Waals surface area (Å²) in [5.41, 5.74) is 0.732. The summed E-state index contributed by atoms with van der Waals surface area (Å²) < 4.78 is 33.7. The van der Waals surface area contributed by atoms with E-state index in [1.54, 1.807) is 12.1 Å². The molecule has 1 N–H and O–H groups in total. The second-order valence-electron chi connectivity index (χ2n) is 3.70. The van der Waals surface area contributed by atoms with E-state index >= 15 is 0 Å². The Labute approximate surface area is 99.7 Å². The molecule has 0 aliphatic carbocycles. The number of benzene rings is 1. The first-order valence-corrected chi connectivity index (χ1v) is 5.46. The zero-order chi connectivity index (χ0) is 12.8. The topological polar surface area (TPSA) is 30.5 Å². The van der Waals surface area contributed by atoms with E-state index in [0.717, 1.165) is 12.1 Å². The van der Waals surface area contributed by atoms with Gasteiger partial charge in [0, 0.05) is 17.8 Å². The van der Waals surface area contributed by atoms with E-state index in [2.05, 4.69) is 10.1 Å². The molecule has 0 radical (unpaired) electrons. The van der Waals surface area contributed by atoms with Crippen molar-refractivity contribution in [1.29, 1.82) is 0 Å². The summed E-state index contributed by atoms with van der Waals surface area (Å²) in [5.74, 6) is 0.329. The van der Waals surface area contributed by atoms with Crippen molar-refractivity contribution in [2.75, 3.05) is 12.4 Å². The lowest BCUT2D eigenvalue weighted by Crippen LogP contribution is -2.13. The summed E-state index contributed by atoms with van der Waals surface area (Å²) in [5, 5.41) is 3.18. The monoisotopic (exact) mass is 245 g/mol. The quantitative estimate of drug-likeness (QED) is 0.832. The van der Waals surface area contributed by atoms with Gasteiger partial charge in [0.2, 0.25) is 0 Å². The van der Waals surface area contributed by atoms with Gasteiger partial charge in [-0.15, -0.1) is 0 Å². The van der Waals surface area contributed by atoms with E-state index < -0.39 is 6.61 Å². The van der Waals surface area contributed by atoms with Crippen LogP contribution in [0.15, 0.2) is 18.2 Å². The summed E-state index contributed by atoms with van der Waals surface area (Å²) in [4.78, 5) is 0. The number of halogens is 2. The maximum atomic E-state index is 12.2. The Bertz CT molecular complexity index is 358. The SMILES string of the molecule is CCC(C)Nc1ccc(OC)c(OC(F)F)c1. The van der Waals surface area contributed by atoms with E-state index in [4.69, 9.17) is 4.74 Å². The van der Waals surface area contributed by atoms with Crippen LogP contribution in [0.2, 0.25) is 0 Å². The Balaban J connectivity index is 2.88. The van der Waals surface area contributed by atoms with Crippen molar-refractivity contribution in [3.05, 3.63) is 18.2 Å². The van der Waals surface area contributed by atoms with Crippen molar-refractivity contribution in [3.8, 4) is 11.5 Å². The first-order valence-electron chi connectivity index (χ1n) is 5.46. The molecule has 0 aliphatic rings. The second kappa shape index (κ2) is 6.27. The third kappa shape index (κ3) is 4.09. The summed E-state index contributed by atoms with van der Waals surface area (Å²) in [6.07, 6.45) is 0.942. The molecule has 0 aromatic heterocycles. The van der Waals surface area contributed by atoms with Crippen LogP contribution < -0.4 is 14.8 Å². The molecule has 0 saturated heterocycles. The Morgan fingerprint density at radius 2 is 2.00 bits per heavy atom. The van der Waals surface area contributed by atoms with Gasteiger partial charge in [0.1, 0.15) is 0 Å². The van der Waals surface area contributed by atoms with Crippen LogP contribution in [0.25, 0.3) is 0 Å². The van der Waals surface area contributed by atoms with E-state index in [0.29, 0.717) is 5.75 Å². The molecule has 3 nitrogen and oxygen atoms in total. The fourth-order valence-corrected chi connectivity index (χ4v) is 1.34. The maximum Gasteiger partial charge on any atom is 0.387 e. The molecule has 0 heterocycles. The van der Waals surface area contributed by atoms with E-state index in [1.165, 1.54) is 13.2 Å². The van der Waals surface area contributed by atoms with Crippen LogP contribution in [0.1, 0.15) is 20.3 Å². The largest absolute Gasteiger partial charge is 0.493 e. The molecule has 1 unspecified atom stereocenters. The fourth-order valence-electron chi connectivity index (χ4n) is 1.34. The Morgan fingerprint density at radius 1 is 1.29 bits per heavy atom. The number of methoxy groups -OCH3 is 1. The molecule has 0 fully saturated rings. The molecule has 0 spiro atoms. The van der Waals surface area contributed by atoms with Crippen LogP contribution in [0, 0.1) is 0 Å². The molecule has 0 aliphatic heterocycles. The number of ether oxygens (including phenoxy) is 2. The molecule has 1 atom stereocenters. The van der Waals surface area contributed by atoms with Crippen molar-refractivity contribution in [2.45, 2.75) is 32.9 Å². The highest BCUT2D eigenvalue weighted by Crippen LogP contribution is 2.31. The van der Waals surface area contributed by atoms with E-state index in [-0.39, 0.29) is 11.8 Å². The minimum Gasteiger partial charge on any atom is -0.493 e. The molecule has 5 heteroatoms. The average Bonchev–Trinajstić information content (AvgIpc) is 2.28. The van der Waals surface area contributed by atoms with Crippen LogP contribution >= 0.6 is 0 Å². The van der Waals surface area contributed by atoms with Crippen molar-refractivity contribution in [3.63, 3.8) is 0 Å². The lowest BCUT2D eigenvalue weighted by atomic mass is 10.2. The van der Waals surface area contributed by atoms with Crippen LogP contribution in [-0.2, 0) is 0 Å². The normalized spacial score (nSPS) is 12.4. The standard InChI is InChI=1S/C12H17F2NO2/c1-4-8(2)15-9-5-6-10(16-3)11(7-9)17-12(13)14/h5-8,12,15H,4H2,1-3H3. The molecule has 96 valence electrons. The summed E-state index contributed by atoms with van der Waals surface area (Å²) in [6, 6.07) is 5.14. The summed E-state index contributed by atoms with van der Waals surface area (Å²) in [6.45, 7) is 1.19. The van der Waals surface area contributed by atoms with E-state index in [9.17, 15) is 8.78 Å². The van der Waals surface area contributed by atoms with E-state index in [1.807, 2.05) is 13.8 Å². The van der Waals surface area contributed by atoms with Crippen molar-refractivity contribution < 1.29 is 18.3 Å². The zero-order valence-electron chi connectivity index (χ0n) is 10.2. The molecule has 1 rings (SSSR count). The van der Waals surface area contributed by atoms with Gasteiger partial charge in [-0.25, -0.2) is 0 Å². The average molecular weight is 245 g/mol. The van der Waals surface area contributed by atoms with Gasteiger partial charge in [0.05, 0.1) is 7.11 Å². The van der Waals surface area contributed by atoms with Gasteiger partial charge in [0.15, 0.2) is 11.5 Å². The zero-order valence-corrected chi connectivity index (χ0v) is 10.2. The third-order valence-electron chi connectivity index (χ3n) is 2.41. The van der Waals surface area contributed by atoms with Crippen molar-refractivity contribution >= 4 is 5.69 Å². The maximum absolute atomic E-state index is 12.2. The highest BCUT2D eigenvalue weighted by atomic mass is 19.3. The number of hydrogen-bond donors (Lipinski definition) is 1.